The fourth-order valence-corrected chi connectivity index (χ4v) is 3.36. The highest BCUT2D eigenvalue weighted by molar-refractivity contribution is 5.90. The molecule has 4 atom stereocenters. The summed E-state index contributed by atoms with van der Waals surface area (Å²) in [6, 6.07) is -2.86. The van der Waals surface area contributed by atoms with Crippen LogP contribution in [-0.2, 0) is 14.4 Å². The van der Waals surface area contributed by atoms with E-state index in [1.807, 2.05) is 0 Å². The molecule has 0 aromatic carbocycles. The van der Waals surface area contributed by atoms with Crippen LogP contribution in [0.25, 0.3) is 0 Å². The Morgan fingerprint density at radius 1 is 1.22 bits per heavy atom. The summed E-state index contributed by atoms with van der Waals surface area (Å²) in [5.74, 6) is -3.63. The summed E-state index contributed by atoms with van der Waals surface area (Å²) in [5, 5.41) is 2.45. The van der Waals surface area contributed by atoms with E-state index >= 15 is 0 Å². The first kappa shape index (κ1) is 23.4. The smallest absolute Gasteiger partial charge is 0.351 e. The van der Waals surface area contributed by atoms with Gasteiger partial charge in [0.25, 0.3) is 0 Å². The first-order valence-corrected chi connectivity index (χ1v) is 9.28. The maximum Gasteiger partial charge on any atom is 0.394 e. The highest BCUT2D eigenvalue weighted by atomic mass is 19.4. The molecule has 1 aliphatic heterocycles. The fourth-order valence-electron chi connectivity index (χ4n) is 3.36. The zero-order valence-corrected chi connectivity index (χ0v) is 16.3. The molecule has 0 saturated carbocycles. The number of rotatable bonds is 8. The highest BCUT2D eigenvalue weighted by Gasteiger charge is 2.47. The molecule has 0 radical (unpaired) electrons. The number of carbonyl (C=O) groups is 3. The number of hydrogen-bond donors (Lipinski definition) is 2. The van der Waals surface area contributed by atoms with Gasteiger partial charge in [-0.3, -0.25) is 9.59 Å². The number of amides is 2. The number of carbonyl (C=O) groups excluding carboxylic acids is 3. The SMILES string of the molecule is CC(C)[C@H](NC(=O)[C@@H]1CCCN1C(=O)[C@@H](N)C(C)C)C(CC=O)C(F)(F)F. The Bertz CT molecular complexity index is 538. The lowest BCUT2D eigenvalue weighted by molar-refractivity contribution is -0.188. The second-order valence-electron chi connectivity index (χ2n) is 7.79. The number of likely N-dealkylation sites (tertiary alicyclic amines) is 1. The van der Waals surface area contributed by atoms with Crippen LogP contribution < -0.4 is 11.1 Å². The molecule has 1 rings (SSSR count). The zero-order chi connectivity index (χ0) is 20.9. The van der Waals surface area contributed by atoms with Gasteiger partial charge in [0.05, 0.1) is 12.0 Å². The molecule has 156 valence electrons. The lowest BCUT2D eigenvalue weighted by Gasteiger charge is -2.34. The quantitative estimate of drug-likeness (QED) is 0.616. The molecule has 27 heavy (non-hydrogen) atoms. The third-order valence-corrected chi connectivity index (χ3v) is 5.07. The summed E-state index contributed by atoms with van der Waals surface area (Å²) in [6.45, 7) is 7.04. The second kappa shape index (κ2) is 9.52. The summed E-state index contributed by atoms with van der Waals surface area (Å²) in [7, 11) is 0. The van der Waals surface area contributed by atoms with Crippen molar-refractivity contribution in [3.05, 3.63) is 0 Å². The maximum atomic E-state index is 13.4. The molecule has 0 spiro atoms. The highest BCUT2D eigenvalue weighted by Crippen LogP contribution is 2.34. The van der Waals surface area contributed by atoms with Crippen LogP contribution in [0.1, 0.15) is 47.0 Å². The van der Waals surface area contributed by atoms with Gasteiger partial charge >= 0.3 is 6.18 Å². The molecule has 2 amide bonds. The Morgan fingerprint density at radius 3 is 2.26 bits per heavy atom. The van der Waals surface area contributed by atoms with Gasteiger partial charge in [-0.05, 0) is 24.7 Å². The van der Waals surface area contributed by atoms with Crippen LogP contribution in [0, 0.1) is 17.8 Å². The summed E-state index contributed by atoms with van der Waals surface area (Å²) in [4.78, 5) is 37.3. The van der Waals surface area contributed by atoms with Crippen LogP contribution in [0.2, 0.25) is 0 Å². The van der Waals surface area contributed by atoms with Crippen molar-refractivity contribution in [1.82, 2.24) is 10.2 Å². The normalized spacial score (nSPS) is 21.3. The molecule has 1 heterocycles. The van der Waals surface area contributed by atoms with E-state index in [4.69, 9.17) is 5.73 Å². The minimum absolute atomic E-state index is 0.118. The molecule has 1 aliphatic rings. The predicted octanol–water partition coefficient (Wildman–Crippen LogP) is 1.87. The molecule has 3 N–H and O–H groups in total. The molecule has 1 unspecified atom stereocenters. The van der Waals surface area contributed by atoms with Gasteiger partial charge in [0.2, 0.25) is 11.8 Å². The Hall–Kier alpha value is -1.64. The molecule has 1 saturated heterocycles. The van der Waals surface area contributed by atoms with E-state index in [-0.39, 0.29) is 18.1 Å². The number of hydrogen-bond acceptors (Lipinski definition) is 4. The summed E-state index contributed by atoms with van der Waals surface area (Å²) in [5.41, 5.74) is 5.89. The Morgan fingerprint density at radius 2 is 1.81 bits per heavy atom. The van der Waals surface area contributed by atoms with E-state index in [2.05, 4.69) is 5.32 Å². The number of nitrogens with one attached hydrogen (secondary N) is 1. The largest absolute Gasteiger partial charge is 0.394 e. The Labute approximate surface area is 158 Å². The van der Waals surface area contributed by atoms with E-state index in [1.54, 1.807) is 27.7 Å². The van der Waals surface area contributed by atoms with Gasteiger partial charge in [0.15, 0.2) is 0 Å². The van der Waals surface area contributed by atoms with Gasteiger partial charge in [-0.25, -0.2) is 0 Å². The van der Waals surface area contributed by atoms with E-state index in [0.717, 1.165) is 0 Å². The molecule has 0 aliphatic carbocycles. The summed E-state index contributed by atoms with van der Waals surface area (Å²) < 4.78 is 40.1. The van der Waals surface area contributed by atoms with Crippen LogP contribution in [-0.4, -0.2) is 53.8 Å². The van der Waals surface area contributed by atoms with E-state index < -0.39 is 48.5 Å². The number of alkyl halides is 3. The van der Waals surface area contributed by atoms with Crippen molar-refractivity contribution >= 4 is 18.1 Å². The lowest BCUT2D eigenvalue weighted by atomic mass is 9.87. The standard InChI is InChI=1S/C18H30F3N3O3/c1-10(2)14(22)17(27)24-8-5-6-13(24)16(26)23-15(11(3)4)12(7-9-25)18(19,20)21/h9-15H,5-8,22H2,1-4H3,(H,23,26)/t12?,13-,14-,15-/m0/s1. The van der Waals surface area contributed by atoms with Crippen molar-refractivity contribution in [1.29, 1.82) is 0 Å². The van der Waals surface area contributed by atoms with E-state index in [9.17, 15) is 27.6 Å². The topological polar surface area (TPSA) is 92.5 Å². The Balaban J connectivity index is 2.98. The third-order valence-electron chi connectivity index (χ3n) is 5.07. The van der Waals surface area contributed by atoms with Crippen LogP contribution >= 0.6 is 0 Å². The predicted molar refractivity (Wildman–Crippen MR) is 94.5 cm³/mol. The number of nitrogens with two attached hydrogens (primary N) is 1. The van der Waals surface area contributed by atoms with Crippen molar-refractivity contribution in [3.63, 3.8) is 0 Å². The molecule has 1 fully saturated rings. The number of aldehydes is 1. The van der Waals surface area contributed by atoms with Gasteiger partial charge in [-0.1, -0.05) is 27.7 Å². The maximum absolute atomic E-state index is 13.4. The van der Waals surface area contributed by atoms with E-state index in [0.29, 0.717) is 19.4 Å². The minimum Gasteiger partial charge on any atom is -0.351 e. The second-order valence-corrected chi connectivity index (χ2v) is 7.79. The first-order chi connectivity index (χ1) is 12.4. The van der Waals surface area contributed by atoms with Crippen LogP contribution in [0.3, 0.4) is 0 Å². The van der Waals surface area contributed by atoms with Crippen molar-refractivity contribution in [3.8, 4) is 0 Å². The average molecular weight is 393 g/mol. The third kappa shape index (κ3) is 5.92. The molecule has 9 heteroatoms. The van der Waals surface area contributed by atoms with Crippen molar-refractivity contribution in [2.24, 2.45) is 23.5 Å². The fraction of sp³-hybridized carbons (Fsp3) is 0.833. The number of nitrogens with zero attached hydrogens (tertiary/aromatic N) is 1. The monoisotopic (exact) mass is 393 g/mol. The average Bonchev–Trinajstić information content (AvgIpc) is 3.04. The zero-order valence-electron chi connectivity index (χ0n) is 16.3. The molecule has 6 nitrogen and oxygen atoms in total. The minimum atomic E-state index is -4.62. The molecule has 0 aromatic heterocycles. The lowest BCUT2D eigenvalue weighted by Crippen LogP contribution is -2.56. The van der Waals surface area contributed by atoms with Crippen LogP contribution in [0.5, 0.6) is 0 Å². The molecule has 0 bridgehead atoms. The van der Waals surface area contributed by atoms with E-state index in [1.165, 1.54) is 4.90 Å². The van der Waals surface area contributed by atoms with Crippen LogP contribution in [0.4, 0.5) is 13.2 Å². The summed E-state index contributed by atoms with van der Waals surface area (Å²) >= 11 is 0. The van der Waals surface area contributed by atoms with Crippen LogP contribution in [0.15, 0.2) is 0 Å². The van der Waals surface area contributed by atoms with Crippen molar-refractivity contribution in [2.75, 3.05) is 6.54 Å². The molecule has 0 aromatic rings. The Kier molecular flexibility index (Phi) is 8.25. The van der Waals surface area contributed by atoms with Gasteiger partial charge in [0.1, 0.15) is 12.3 Å². The van der Waals surface area contributed by atoms with Crippen molar-refractivity contribution < 1.29 is 27.6 Å². The van der Waals surface area contributed by atoms with Gasteiger partial charge in [0, 0.05) is 19.0 Å². The van der Waals surface area contributed by atoms with Crippen molar-refractivity contribution in [2.45, 2.75) is 71.3 Å². The number of halogens is 3. The van der Waals surface area contributed by atoms with Gasteiger partial charge in [-0.15, -0.1) is 0 Å². The van der Waals surface area contributed by atoms with Gasteiger partial charge in [-0.2, -0.15) is 13.2 Å². The molecular formula is C18H30F3N3O3. The molecular weight excluding hydrogens is 363 g/mol. The first-order valence-electron chi connectivity index (χ1n) is 9.28. The summed E-state index contributed by atoms with van der Waals surface area (Å²) in [6.07, 6.45) is -4.17. The van der Waals surface area contributed by atoms with Gasteiger partial charge < -0.3 is 20.7 Å².